The highest BCUT2D eigenvalue weighted by Crippen LogP contribution is 2.14. The smallest absolute Gasteiger partial charge is 0.251 e. The number of aryl methyl sites for hydroxylation is 2. The zero-order valence-electron chi connectivity index (χ0n) is 15.4. The average Bonchev–Trinajstić information content (AvgIpc) is 2.95. The second kappa shape index (κ2) is 7.52. The lowest BCUT2D eigenvalue weighted by Crippen LogP contribution is -2.17. The summed E-state index contributed by atoms with van der Waals surface area (Å²) in [4.78, 5) is 27.5. The molecule has 3 rings (SSSR count). The monoisotopic (exact) mass is 349 g/mol. The third-order valence-corrected chi connectivity index (χ3v) is 4.67. The van der Waals surface area contributed by atoms with Crippen LogP contribution >= 0.6 is 0 Å². The molecule has 5 nitrogen and oxygen atoms in total. The van der Waals surface area contributed by atoms with Crippen LogP contribution in [0.15, 0.2) is 47.4 Å². The van der Waals surface area contributed by atoms with Gasteiger partial charge in [-0.05, 0) is 44.4 Å². The van der Waals surface area contributed by atoms with E-state index >= 15 is 0 Å². The summed E-state index contributed by atoms with van der Waals surface area (Å²) in [5, 5.41) is 4.36. The van der Waals surface area contributed by atoms with Gasteiger partial charge in [-0.1, -0.05) is 30.3 Å². The van der Waals surface area contributed by atoms with Crippen LogP contribution in [0.25, 0.3) is 0 Å². The summed E-state index contributed by atoms with van der Waals surface area (Å²) in [7, 11) is 0. The minimum atomic E-state index is -0.105. The molecule has 0 radical (unpaired) electrons. The lowest BCUT2D eigenvalue weighted by molar-refractivity contribution is 0.0982. The van der Waals surface area contributed by atoms with Crippen LogP contribution in [0, 0.1) is 20.8 Å². The van der Waals surface area contributed by atoms with E-state index in [0.717, 1.165) is 22.5 Å². The maximum Gasteiger partial charge on any atom is 0.251 e. The van der Waals surface area contributed by atoms with Gasteiger partial charge in [0, 0.05) is 23.4 Å². The zero-order valence-corrected chi connectivity index (χ0v) is 15.4. The summed E-state index contributed by atoms with van der Waals surface area (Å²) in [6, 6.07) is 12.0. The molecule has 5 heteroatoms. The Morgan fingerprint density at radius 3 is 2.58 bits per heavy atom. The van der Waals surface area contributed by atoms with Crippen molar-refractivity contribution in [3.05, 3.63) is 86.6 Å². The minimum absolute atomic E-state index is 0.0150. The van der Waals surface area contributed by atoms with Gasteiger partial charge in [0.15, 0.2) is 5.78 Å². The van der Waals surface area contributed by atoms with Gasteiger partial charge in [-0.3, -0.25) is 14.3 Å². The first-order chi connectivity index (χ1) is 12.5. The second-order valence-electron chi connectivity index (χ2n) is 6.65. The van der Waals surface area contributed by atoms with E-state index in [-0.39, 0.29) is 11.3 Å². The highest BCUT2D eigenvalue weighted by molar-refractivity contribution is 5.97. The van der Waals surface area contributed by atoms with Crippen molar-refractivity contribution in [3.63, 3.8) is 0 Å². The predicted molar refractivity (Wildman–Crippen MR) is 102 cm³/mol. The van der Waals surface area contributed by atoms with E-state index in [1.54, 1.807) is 6.20 Å². The lowest BCUT2D eigenvalue weighted by Gasteiger charge is -2.07. The lowest BCUT2D eigenvalue weighted by atomic mass is 10.0. The number of Topliss-reactive ketones (excluding diaryl/α,β-unsaturated/α-hetero) is 1. The summed E-state index contributed by atoms with van der Waals surface area (Å²) >= 11 is 0. The van der Waals surface area contributed by atoms with Gasteiger partial charge in [0.25, 0.3) is 5.56 Å². The number of carbonyl (C=O) groups is 1. The maximum atomic E-state index is 12.6. The van der Waals surface area contributed by atoms with E-state index in [1.807, 2.05) is 61.9 Å². The first-order valence-electron chi connectivity index (χ1n) is 8.74. The molecular formula is C21H23N3O2. The van der Waals surface area contributed by atoms with Crippen molar-refractivity contribution in [2.45, 2.75) is 40.2 Å². The molecule has 0 saturated carbocycles. The van der Waals surface area contributed by atoms with Gasteiger partial charge in [0.1, 0.15) is 0 Å². The van der Waals surface area contributed by atoms with Gasteiger partial charge in [-0.15, -0.1) is 0 Å². The number of hydrogen-bond acceptors (Lipinski definition) is 3. The number of nitrogens with zero attached hydrogens (tertiary/aromatic N) is 2. The highest BCUT2D eigenvalue weighted by Gasteiger charge is 2.16. The summed E-state index contributed by atoms with van der Waals surface area (Å²) in [6.45, 7) is 6.31. The standard InChI is InChI=1S/C21H23N3O2/c1-14-11-15(2)23-21(26)18(14)9-10-20(25)19-12-22-24(16(19)3)13-17-7-5-4-6-8-17/h4-8,11-12H,9-10,13H2,1-3H3,(H,23,26). The number of aromatic amines is 1. The van der Waals surface area contributed by atoms with E-state index in [1.165, 1.54) is 0 Å². The van der Waals surface area contributed by atoms with E-state index in [0.29, 0.717) is 30.5 Å². The Balaban J connectivity index is 1.72. The normalized spacial score (nSPS) is 10.9. The van der Waals surface area contributed by atoms with Gasteiger partial charge >= 0.3 is 0 Å². The average molecular weight is 349 g/mol. The Kier molecular flexibility index (Phi) is 5.16. The van der Waals surface area contributed by atoms with Crippen LogP contribution in [-0.2, 0) is 13.0 Å². The van der Waals surface area contributed by atoms with Crippen molar-refractivity contribution in [3.8, 4) is 0 Å². The molecule has 0 fully saturated rings. The van der Waals surface area contributed by atoms with Crippen LogP contribution in [0.3, 0.4) is 0 Å². The molecule has 0 amide bonds. The molecule has 0 unspecified atom stereocenters. The van der Waals surface area contributed by atoms with Gasteiger partial charge in [0.05, 0.1) is 18.3 Å². The van der Waals surface area contributed by atoms with Crippen LogP contribution in [-0.4, -0.2) is 20.5 Å². The molecule has 1 N–H and O–H groups in total. The Bertz CT molecular complexity index is 984. The SMILES string of the molecule is Cc1cc(C)c(CCC(=O)c2cnn(Cc3ccccc3)c2C)c(=O)[nH]1. The van der Waals surface area contributed by atoms with Crippen LogP contribution in [0.2, 0.25) is 0 Å². The zero-order chi connectivity index (χ0) is 18.7. The predicted octanol–water partition coefficient (Wildman–Crippen LogP) is 3.36. The Labute approximate surface area is 152 Å². The van der Waals surface area contributed by atoms with Crippen molar-refractivity contribution in [2.75, 3.05) is 0 Å². The van der Waals surface area contributed by atoms with Crippen molar-refractivity contribution in [2.24, 2.45) is 0 Å². The molecule has 2 heterocycles. The first kappa shape index (κ1) is 17.9. The largest absolute Gasteiger partial charge is 0.326 e. The van der Waals surface area contributed by atoms with Gasteiger partial charge < -0.3 is 4.98 Å². The fourth-order valence-corrected chi connectivity index (χ4v) is 3.20. The number of aromatic nitrogens is 3. The van der Waals surface area contributed by atoms with E-state index in [4.69, 9.17) is 0 Å². The fraction of sp³-hybridized carbons (Fsp3) is 0.286. The van der Waals surface area contributed by atoms with Crippen LogP contribution in [0.1, 0.15) is 44.9 Å². The molecule has 1 aromatic carbocycles. The molecule has 0 saturated heterocycles. The first-order valence-corrected chi connectivity index (χ1v) is 8.74. The number of rotatable bonds is 6. The minimum Gasteiger partial charge on any atom is -0.326 e. The molecule has 0 aliphatic heterocycles. The Hall–Kier alpha value is -2.95. The number of nitrogens with one attached hydrogen (secondary N) is 1. The molecule has 2 aromatic heterocycles. The fourth-order valence-electron chi connectivity index (χ4n) is 3.20. The van der Waals surface area contributed by atoms with Crippen LogP contribution < -0.4 is 5.56 Å². The molecular weight excluding hydrogens is 326 g/mol. The molecule has 0 bridgehead atoms. The molecule has 134 valence electrons. The molecule has 0 atom stereocenters. The maximum absolute atomic E-state index is 12.6. The topological polar surface area (TPSA) is 67.8 Å². The summed E-state index contributed by atoms with van der Waals surface area (Å²) < 4.78 is 1.84. The molecule has 0 spiro atoms. The van der Waals surface area contributed by atoms with Crippen molar-refractivity contribution < 1.29 is 4.79 Å². The van der Waals surface area contributed by atoms with E-state index in [9.17, 15) is 9.59 Å². The van der Waals surface area contributed by atoms with Crippen LogP contribution in [0.4, 0.5) is 0 Å². The van der Waals surface area contributed by atoms with E-state index < -0.39 is 0 Å². The number of hydrogen-bond donors (Lipinski definition) is 1. The Morgan fingerprint density at radius 2 is 1.88 bits per heavy atom. The van der Waals surface area contributed by atoms with Crippen molar-refractivity contribution in [1.82, 2.24) is 14.8 Å². The number of ketones is 1. The third-order valence-electron chi connectivity index (χ3n) is 4.67. The Morgan fingerprint density at radius 1 is 1.15 bits per heavy atom. The number of benzene rings is 1. The van der Waals surface area contributed by atoms with Crippen LogP contribution in [0.5, 0.6) is 0 Å². The summed E-state index contributed by atoms with van der Waals surface area (Å²) in [5.74, 6) is 0.0150. The third kappa shape index (κ3) is 3.82. The summed E-state index contributed by atoms with van der Waals surface area (Å²) in [5.41, 5.74) is 4.95. The molecule has 26 heavy (non-hydrogen) atoms. The van der Waals surface area contributed by atoms with Gasteiger partial charge in [0.2, 0.25) is 0 Å². The van der Waals surface area contributed by atoms with Gasteiger partial charge in [-0.25, -0.2) is 0 Å². The van der Waals surface area contributed by atoms with Gasteiger partial charge in [-0.2, -0.15) is 5.10 Å². The molecule has 0 aliphatic carbocycles. The summed E-state index contributed by atoms with van der Waals surface area (Å²) in [6.07, 6.45) is 2.36. The highest BCUT2D eigenvalue weighted by atomic mass is 16.1. The molecule has 0 aliphatic rings. The number of pyridine rings is 1. The quantitative estimate of drug-likeness (QED) is 0.694. The van der Waals surface area contributed by atoms with E-state index in [2.05, 4.69) is 10.1 Å². The number of H-pyrrole nitrogens is 1. The number of carbonyl (C=O) groups excluding carboxylic acids is 1. The molecule has 3 aromatic rings. The van der Waals surface area contributed by atoms with Crippen molar-refractivity contribution >= 4 is 5.78 Å². The second-order valence-corrected chi connectivity index (χ2v) is 6.65. The van der Waals surface area contributed by atoms with Crippen molar-refractivity contribution in [1.29, 1.82) is 0 Å².